The van der Waals surface area contributed by atoms with Crippen LogP contribution in [0.15, 0.2) is 48.5 Å². The van der Waals surface area contributed by atoms with Crippen molar-refractivity contribution in [3.8, 4) is 5.75 Å². The average Bonchev–Trinajstić information content (AvgIpc) is 2.99. The van der Waals surface area contributed by atoms with Gasteiger partial charge in [-0.05, 0) is 48.9 Å². The maximum absolute atomic E-state index is 12.8. The van der Waals surface area contributed by atoms with E-state index in [0.717, 1.165) is 0 Å². The summed E-state index contributed by atoms with van der Waals surface area (Å²) in [6.45, 7) is 0.548. The van der Waals surface area contributed by atoms with E-state index in [1.54, 1.807) is 18.2 Å². The van der Waals surface area contributed by atoms with Gasteiger partial charge >= 0.3 is 5.97 Å². The molecule has 1 saturated heterocycles. The van der Waals surface area contributed by atoms with Crippen molar-refractivity contribution in [3.63, 3.8) is 0 Å². The fourth-order valence-electron chi connectivity index (χ4n) is 2.63. The van der Waals surface area contributed by atoms with Crippen LogP contribution in [0.3, 0.4) is 0 Å². The Balaban J connectivity index is 1.55. The Kier molecular flexibility index (Phi) is 5.41. The van der Waals surface area contributed by atoms with Crippen LogP contribution in [0.4, 0.5) is 10.1 Å². The van der Waals surface area contributed by atoms with Crippen LogP contribution in [0.1, 0.15) is 16.8 Å². The highest BCUT2D eigenvalue weighted by Gasteiger charge is 2.28. The van der Waals surface area contributed by atoms with Gasteiger partial charge < -0.3 is 9.47 Å². The molecule has 0 bridgehead atoms. The minimum absolute atomic E-state index is 0.0163. The Morgan fingerprint density at radius 1 is 1.12 bits per heavy atom. The molecule has 0 spiro atoms. The van der Waals surface area contributed by atoms with Gasteiger partial charge in [0.05, 0.1) is 17.0 Å². The summed E-state index contributed by atoms with van der Waals surface area (Å²) in [7, 11) is -3.30. The standard InChI is InChI=1S/C18H18FNO5S/c19-15-5-7-17(8-6-15)24-10-11-25-18(21)14-3-1-4-16(13-14)20-9-2-12-26(20,22)23/h1,3-8,13H,2,9-12H2. The second kappa shape index (κ2) is 7.74. The summed E-state index contributed by atoms with van der Waals surface area (Å²) in [5.41, 5.74) is 0.728. The van der Waals surface area contributed by atoms with Gasteiger partial charge in [0.25, 0.3) is 0 Å². The van der Waals surface area contributed by atoms with Crippen molar-refractivity contribution in [2.75, 3.05) is 29.8 Å². The summed E-state index contributed by atoms with van der Waals surface area (Å²) < 4.78 is 48.5. The summed E-state index contributed by atoms with van der Waals surface area (Å²) in [5, 5.41) is 0. The Hall–Kier alpha value is -2.61. The van der Waals surface area contributed by atoms with Crippen LogP contribution in [0, 0.1) is 5.82 Å². The van der Waals surface area contributed by atoms with E-state index in [1.807, 2.05) is 0 Å². The number of ether oxygens (including phenoxy) is 2. The van der Waals surface area contributed by atoms with Crippen molar-refractivity contribution in [2.45, 2.75) is 6.42 Å². The van der Waals surface area contributed by atoms with E-state index in [9.17, 15) is 17.6 Å². The highest BCUT2D eigenvalue weighted by atomic mass is 32.2. The Labute approximate surface area is 151 Å². The molecule has 1 heterocycles. The zero-order valence-corrected chi connectivity index (χ0v) is 14.7. The van der Waals surface area contributed by atoms with Crippen molar-refractivity contribution in [3.05, 3.63) is 59.9 Å². The molecule has 1 fully saturated rings. The lowest BCUT2D eigenvalue weighted by atomic mass is 10.2. The highest BCUT2D eigenvalue weighted by molar-refractivity contribution is 7.93. The number of benzene rings is 2. The van der Waals surface area contributed by atoms with E-state index in [2.05, 4.69) is 0 Å². The first-order valence-corrected chi connectivity index (χ1v) is 9.73. The van der Waals surface area contributed by atoms with Crippen LogP contribution in [-0.4, -0.2) is 39.9 Å². The molecule has 3 rings (SSSR count). The molecule has 8 heteroatoms. The fourth-order valence-corrected chi connectivity index (χ4v) is 4.18. The van der Waals surface area contributed by atoms with Crippen LogP contribution in [0.2, 0.25) is 0 Å². The van der Waals surface area contributed by atoms with Gasteiger partial charge in [0.1, 0.15) is 24.8 Å². The molecule has 6 nitrogen and oxygen atoms in total. The predicted octanol–water partition coefficient (Wildman–Crippen LogP) is 2.60. The van der Waals surface area contributed by atoms with E-state index in [1.165, 1.54) is 34.6 Å². The second-order valence-corrected chi connectivity index (χ2v) is 7.74. The molecular formula is C18H18FNO5S. The molecule has 0 amide bonds. The van der Waals surface area contributed by atoms with Gasteiger partial charge in [-0.2, -0.15) is 0 Å². The molecule has 138 valence electrons. The summed E-state index contributed by atoms with van der Waals surface area (Å²) >= 11 is 0. The molecule has 0 N–H and O–H groups in total. The van der Waals surface area contributed by atoms with E-state index >= 15 is 0 Å². The monoisotopic (exact) mass is 379 g/mol. The maximum Gasteiger partial charge on any atom is 0.338 e. The van der Waals surface area contributed by atoms with Crippen molar-refractivity contribution in [1.82, 2.24) is 0 Å². The fraction of sp³-hybridized carbons (Fsp3) is 0.278. The third-order valence-electron chi connectivity index (χ3n) is 3.87. The molecule has 0 aromatic heterocycles. The number of esters is 1. The van der Waals surface area contributed by atoms with E-state index in [4.69, 9.17) is 9.47 Å². The Morgan fingerprint density at radius 3 is 2.58 bits per heavy atom. The Morgan fingerprint density at radius 2 is 1.88 bits per heavy atom. The topological polar surface area (TPSA) is 72.9 Å². The molecule has 0 atom stereocenters. The number of carbonyl (C=O) groups excluding carboxylic acids is 1. The predicted molar refractivity (Wildman–Crippen MR) is 94.4 cm³/mol. The van der Waals surface area contributed by atoms with Gasteiger partial charge in [0.2, 0.25) is 10.0 Å². The molecule has 26 heavy (non-hydrogen) atoms. The van der Waals surface area contributed by atoms with E-state index in [0.29, 0.717) is 24.4 Å². The van der Waals surface area contributed by atoms with Crippen LogP contribution in [0.5, 0.6) is 5.75 Å². The quantitative estimate of drug-likeness (QED) is 0.570. The second-order valence-electron chi connectivity index (χ2n) is 5.73. The number of hydrogen-bond donors (Lipinski definition) is 0. The van der Waals surface area contributed by atoms with Gasteiger partial charge in [0, 0.05) is 6.54 Å². The molecule has 0 unspecified atom stereocenters. The number of sulfonamides is 1. The minimum Gasteiger partial charge on any atom is -0.490 e. The van der Waals surface area contributed by atoms with Gasteiger partial charge in [-0.15, -0.1) is 0 Å². The van der Waals surface area contributed by atoms with Gasteiger partial charge in [-0.25, -0.2) is 17.6 Å². The third-order valence-corrected chi connectivity index (χ3v) is 5.74. The van der Waals surface area contributed by atoms with Crippen molar-refractivity contribution in [1.29, 1.82) is 0 Å². The van der Waals surface area contributed by atoms with Crippen molar-refractivity contribution < 1.29 is 27.1 Å². The smallest absolute Gasteiger partial charge is 0.338 e. The van der Waals surface area contributed by atoms with Crippen LogP contribution < -0.4 is 9.04 Å². The number of halogens is 1. The zero-order chi connectivity index (χ0) is 18.6. The summed E-state index contributed by atoms with van der Waals surface area (Å²) in [6, 6.07) is 11.9. The molecule has 1 aliphatic heterocycles. The van der Waals surface area contributed by atoms with Crippen molar-refractivity contribution >= 4 is 21.7 Å². The van der Waals surface area contributed by atoms with Crippen molar-refractivity contribution in [2.24, 2.45) is 0 Å². The third kappa shape index (κ3) is 4.32. The molecule has 2 aromatic rings. The Bertz CT molecular complexity index is 883. The summed E-state index contributed by atoms with van der Waals surface area (Å²) in [4.78, 5) is 12.1. The minimum atomic E-state index is -3.30. The number of carbonyl (C=O) groups is 1. The molecule has 1 aliphatic rings. The number of rotatable bonds is 6. The highest BCUT2D eigenvalue weighted by Crippen LogP contribution is 2.25. The first-order chi connectivity index (χ1) is 12.5. The maximum atomic E-state index is 12.8. The van der Waals surface area contributed by atoms with E-state index in [-0.39, 0.29) is 30.3 Å². The number of nitrogens with zero attached hydrogens (tertiary/aromatic N) is 1. The summed E-state index contributed by atoms with van der Waals surface area (Å²) in [6.07, 6.45) is 0.567. The van der Waals surface area contributed by atoms with Crippen LogP contribution in [0.25, 0.3) is 0 Å². The number of hydrogen-bond acceptors (Lipinski definition) is 5. The lowest BCUT2D eigenvalue weighted by Gasteiger charge is -2.17. The first-order valence-electron chi connectivity index (χ1n) is 8.12. The van der Waals surface area contributed by atoms with Gasteiger partial charge in [0.15, 0.2) is 0 Å². The largest absolute Gasteiger partial charge is 0.490 e. The molecule has 0 aliphatic carbocycles. The molecular weight excluding hydrogens is 361 g/mol. The molecule has 0 saturated carbocycles. The summed E-state index contributed by atoms with van der Waals surface area (Å²) in [5.74, 6) is -0.332. The van der Waals surface area contributed by atoms with Crippen LogP contribution in [-0.2, 0) is 14.8 Å². The first kappa shape index (κ1) is 18.2. The number of anilines is 1. The zero-order valence-electron chi connectivity index (χ0n) is 13.9. The molecule has 0 radical (unpaired) electrons. The van der Waals surface area contributed by atoms with E-state index < -0.39 is 16.0 Å². The van der Waals surface area contributed by atoms with Gasteiger partial charge in [-0.3, -0.25) is 4.31 Å². The lowest BCUT2D eigenvalue weighted by Crippen LogP contribution is -2.25. The normalized spacial score (nSPS) is 15.7. The average molecular weight is 379 g/mol. The SMILES string of the molecule is O=C(OCCOc1ccc(F)cc1)c1cccc(N2CCCS2(=O)=O)c1. The van der Waals surface area contributed by atoms with Gasteiger partial charge in [-0.1, -0.05) is 6.07 Å². The lowest BCUT2D eigenvalue weighted by molar-refractivity contribution is 0.0450. The molecule has 2 aromatic carbocycles. The van der Waals surface area contributed by atoms with Crippen LogP contribution >= 0.6 is 0 Å².